The van der Waals surface area contributed by atoms with Gasteiger partial charge in [0.25, 0.3) is 0 Å². The topological polar surface area (TPSA) is 63.6 Å². The van der Waals surface area contributed by atoms with Gasteiger partial charge in [-0.1, -0.05) is 30.3 Å². The Morgan fingerprint density at radius 1 is 1.09 bits per heavy atom. The first-order valence-corrected chi connectivity index (χ1v) is 12.0. The Bertz CT molecular complexity index is 1120. The van der Waals surface area contributed by atoms with Crippen molar-refractivity contribution in [1.29, 1.82) is 0 Å². The maximum atomic E-state index is 13.0. The third kappa shape index (κ3) is 5.94. The smallest absolute Gasteiger partial charge is 0.242 e. The number of carbonyl (C=O) groups is 2. The molecular formula is C25H28FN3O3S. The molecule has 0 bridgehead atoms. The van der Waals surface area contributed by atoms with Crippen molar-refractivity contribution >= 4 is 34.5 Å². The van der Waals surface area contributed by atoms with Crippen molar-refractivity contribution in [3.05, 3.63) is 66.1 Å². The first kappa shape index (κ1) is 23.3. The van der Waals surface area contributed by atoms with Gasteiger partial charge < -0.3 is 19.5 Å². The molecule has 2 aromatic carbocycles. The number of fused-ring (bicyclic) bond motifs is 1. The van der Waals surface area contributed by atoms with Crippen molar-refractivity contribution in [2.45, 2.75) is 44.0 Å². The quantitative estimate of drug-likeness (QED) is 0.535. The first-order valence-electron chi connectivity index (χ1n) is 11.0. The number of benzene rings is 2. The van der Waals surface area contributed by atoms with E-state index in [0.29, 0.717) is 19.6 Å². The lowest BCUT2D eigenvalue weighted by Crippen LogP contribution is -2.49. The molecule has 1 aliphatic rings. The molecule has 6 nitrogen and oxygen atoms in total. The number of halogens is 1. The number of amides is 2. The summed E-state index contributed by atoms with van der Waals surface area (Å²) < 4.78 is 20.7. The highest BCUT2D eigenvalue weighted by molar-refractivity contribution is 8.00. The SMILES string of the molecule is C[C@@H]1CN(C(=O)Cn2cc(SCC(=O)NCc3ccc(F)cc3)c3ccccc32)C[C@H](C)O1. The van der Waals surface area contributed by atoms with Crippen molar-refractivity contribution in [2.24, 2.45) is 0 Å². The van der Waals surface area contributed by atoms with Gasteiger partial charge in [0.1, 0.15) is 12.4 Å². The average Bonchev–Trinajstić information content (AvgIpc) is 3.14. The Labute approximate surface area is 197 Å². The van der Waals surface area contributed by atoms with E-state index in [1.54, 1.807) is 12.1 Å². The molecule has 1 aromatic heterocycles. The molecular weight excluding hydrogens is 441 g/mol. The number of rotatable bonds is 7. The summed E-state index contributed by atoms with van der Waals surface area (Å²) in [5, 5.41) is 3.88. The highest BCUT2D eigenvalue weighted by Crippen LogP contribution is 2.30. The fourth-order valence-corrected chi connectivity index (χ4v) is 5.00. The summed E-state index contributed by atoms with van der Waals surface area (Å²) in [7, 11) is 0. The van der Waals surface area contributed by atoms with E-state index >= 15 is 0 Å². The second-order valence-corrected chi connectivity index (χ2v) is 9.40. The molecule has 174 valence electrons. The standard InChI is InChI=1S/C25H28FN3O3S/c1-17-12-29(13-18(2)32-17)25(31)15-28-14-23(21-5-3-4-6-22(21)28)33-16-24(30)27-11-19-7-9-20(26)10-8-19/h3-10,14,17-18H,11-13,15-16H2,1-2H3,(H,27,30)/t17-,18+. The van der Waals surface area contributed by atoms with Crippen LogP contribution >= 0.6 is 11.8 Å². The van der Waals surface area contributed by atoms with E-state index in [1.165, 1.54) is 23.9 Å². The predicted octanol–water partition coefficient (Wildman–Crippen LogP) is 3.82. The van der Waals surface area contributed by atoms with Gasteiger partial charge in [-0.15, -0.1) is 11.8 Å². The molecule has 1 fully saturated rings. The summed E-state index contributed by atoms with van der Waals surface area (Å²) in [4.78, 5) is 28.2. The number of nitrogens with zero attached hydrogens (tertiary/aromatic N) is 2. The van der Waals surface area contributed by atoms with Gasteiger partial charge in [-0.2, -0.15) is 0 Å². The number of thioether (sulfide) groups is 1. The van der Waals surface area contributed by atoms with Crippen LogP contribution in [0.1, 0.15) is 19.4 Å². The summed E-state index contributed by atoms with van der Waals surface area (Å²) in [6.07, 6.45) is 2.01. The lowest BCUT2D eigenvalue weighted by Gasteiger charge is -2.35. The minimum absolute atomic E-state index is 0.0265. The van der Waals surface area contributed by atoms with E-state index in [2.05, 4.69) is 5.32 Å². The fraction of sp³-hybridized carbons (Fsp3) is 0.360. The van der Waals surface area contributed by atoms with E-state index in [0.717, 1.165) is 21.4 Å². The number of hydrogen-bond acceptors (Lipinski definition) is 4. The molecule has 2 heterocycles. The molecule has 0 aliphatic carbocycles. The Morgan fingerprint density at radius 3 is 2.52 bits per heavy atom. The fourth-order valence-electron chi connectivity index (χ4n) is 4.08. The van der Waals surface area contributed by atoms with E-state index < -0.39 is 0 Å². The molecule has 0 spiro atoms. The first-order chi connectivity index (χ1) is 15.9. The van der Waals surface area contributed by atoms with Crippen LogP contribution in [0.2, 0.25) is 0 Å². The molecule has 3 aromatic rings. The largest absolute Gasteiger partial charge is 0.372 e. The van der Waals surface area contributed by atoms with Gasteiger partial charge in [0.05, 0.1) is 18.0 Å². The molecule has 33 heavy (non-hydrogen) atoms. The highest BCUT2D eigenvalue weighted by Gasteiger charge is 2.26. The maximum absolute atomic E-state index is 13.0. The lowest BCUT2D eigenvalue weighted by molar-refractivity contribution is -0.143. The van der Waals surface area contributed by atoms with Crippen molar-refractivity contribution in [3.8, 4) is 0 Å². The van der Waals surface area contributed by atoms with E-state index in [4.69, 9.17) is 4.74 Å². The van der Waals surface area contributed by atoms with Gasteiger partial charge in [0.15, 0.2) is 0 Å². The Morgan fingerprint density at radius 2 is 1.79 bits per heavy atom. The molecule has 0 saturated carbocycles. The van der Waals surface area contributed by atoms with Crippen molar-refractivity contribution in [1.82, 2.24) is 14.8 Å². The number of para-hydroxylation sites is 1. The maximum Gasteiger partial charge on any atom is 0.242 e. The summed E-state index contributed by atoms with van der Waals surface area (Å²) in [6, 6.07) is 14.0. The van der Waals surface area contributed by atoms with Crippen molar-refractivity contribution in [2.75, 3.05) is 18.8 Å². The minimum Gasteiger partial charge on any atom is -0.372 e. The van der Waals surface area contributed by atoms with Crippen LogP contribution in [0.3, 0.4) is 0 Å². The summed E-state index contributed by atoms with van der Waals surface area (Å²) in [6.45, 7) is 5.76. The molecule has 0 radical (unpaired) electrons. The van der Waals surface area contributed by atoms with Gasteiger partial charge >= 0.3 is 0 Å². The van der Waals surface area contributed by atoms with Crippen LogP contribution in [0.5, 0.6) is 0 Å². The van der Waals surface area contributed by atoms with Crippen LogP contribution < -0.4 is 5.32 Å². The highest BCUT2D eigenvalue weighted by atomic mass is 32.2. The molecule has 0 unspecified atom stereocenters. The second-order valence-electron chi connectivity index (χ2n) is 8.39. The van der Waals surface area contributed by atoms with Crippen LogP contribution in [0.4, 0.5) is 4.39 Å². The molecule has 4 rings (SSSR count). The van der Waals surface area contributed by atoms with Gasteiger partial charge in [-0.25, -0.2) is 4.39 Å². The Kier molecular flexibility index (Phi) is 7.35. The number of aromatic nitrogens is 1. The van der Waals surface area contributed by atoms with Crippen LogP contribution in [0.15, 0.2) is 59.6 Å². The number of hydrogen-bond donors (Lipinski definition) is 1. The molecule has 1 saturated heterocycles. The van der Waals surface area contributed by atoms with Gasteiger partial charge in [-0.3, -0.25) is 9.59 Å². The monoisotopic (exact) mass is 469 g/mol. The summed E-state index contributed by atoms with van der Waals surface area (Å²) >= 11 is 1.44. The third-order valence-corrected chi connectivity index (χ3v) is 6.63. The van der Waals surface area contributed by atoms with E-state index in [9.17, 15) is 14.0 Å². The van der Waals surface area contributed by atoms with Crippen LogP contribution in [0, 0.1) is 5.82 Å². The van der Waals surface area contributed by atoms with E-state index in [1.807, 2.05) is 53.8 Å². The number of morpholine rings is 1. The number of carbonyl (C=O) groups excluding carboxylic acids is 2. The van der Waals surface area contributed by atoms with Gasteiger partial charge in [0, 0.05) is 41.6 Å². The zero-order valence-corrected chi connectivity index (χ0v) is 19.6. The number of ether oxygens (including phenoxy) is 1. The second kappa shape index (κ2) is 10.4. The third-order valence-electron chi connectivity index (χ3n) is 5.59. The summed E-state index contributed by atoms with van der Waals surface area (Å²) in [5.41, 5.74) is 1.81. The predicted molar refractivity (Wildman–Crippen MR) is 127 cm³/mol. The molecule has 1 aliphatic heterocycles. The zero-order valence-electron chi connectivity index (χ0n) is 18.8. The molecule has 2 atom stereocenters. The minimum atomic E-state index is -0.298. The Hall–Kier alpha value is -2.84. The zero-order chi connectivity index (χ0) is 23.4. The van der Waals surface area contributed by atoms with E-state index in [-0.39, 0.29) is 42.1 Å². The van der Waals surface area contributed by atoms with Crippen molar-refractivity contribution in [3.63, 3.8) is 0 Å². The average molecular weight is 470 g/mol. The Balaban J connectivity index is 1.39. The molecule has 2 amide bonds. The van der Waals surface area contributed by atoms with Gasteiger partial charge in [0.2, 0.25) is 11.8 Å². The van der Waals surface area contributed by atoms with Crippen LogP contribution in [-0.4, -0.2) is 52.3 Å². The van der Waals surface area contributed by atoms with Crippen LogP contribution in [-0.2, 0) is 27.4 Å². The lowest BCUT2D eigenvalue weighted by atomic mass is 10.2. The van der Waals surface area contributed by atoms with Crippen LogP contribution in [0.25, 0.3) is 10.9 Å². The number of nitrogens with one attached hydrogen (secondary N) is 1. The van der Waals surface area contributed by atoms with Gasteiger partial charge in [-0.05, 0) is 37.6 Å². The molecule has 1 N–H and O–H groups in total. The summed E-state index contributed by atoms with van der Waals surface area (Å²) in [5.74, 6) is -0.0882. The van der Waals surface area contributed by atoms with Crippen molar-refractivity contribution < 1.29 is 18.7 Å². The molecule has 8 heteroatoms. The normalized spacial score (nSPS) is 18.5.